The minimum absolute atomic E-state index is 0.176. The highest BCUT2D eigenvalue weighted by molar-refractivity contribution is 7.99. The first-order chi connectivity index (χ1) is 17.7. The molecule has 0 aliphatic carbocycles. The lowest BCUT2D eigenvalue weighted by Gasteiger charge is -2.22. The zero-order chi connectivity index (χ0) is 27.4. The van der Waals surface area contributed by atoms with Crippen LogP contribution < -0.4 is 10.1 Å². The molecule has 0 heterocycles. The minimum atomic E-state index is -0.510. The molecule has 0 bridgehead atoms. The van der Waals surface area contributed by atoms with E-state index in [1.165, 1.54) is 24.9 Å². The molecular formula is C27H32Cl2N2O5S. The van der Waals surface area contributed by atoms with Gasteiger partial charge in [-0.2, -0.15) is 0 Å². The summed E-state index contributed by atoms with van der Waals surface area (Å²) in [4.78, 5) is 39.8. The van der Waals surface area contributed by atoms with Gasteiger partial charge in [0.2, 0.25) is 11.8 Å². The summed E-state index contributed by atoms with van der Waals surface area (Å²) in [6, 6.07) is 11.3. The minimum Gasteiger partial charge on any atom is -0.496 e. The fourth-order valence-corrected chi connectivity index (χ4v) is 5.01. The van der Waals surface area contributed by atoms with Crippen LogP contribution in [0.5, 0.6) is 5.75 Å². The van der Waals surface area contributed by atoms with Gasteiger partial charge < -0.3 is 19.7 Å². The molecule has 10 heteroatoms. The average Bonchev–Trinajstić information content (AvgIpc) is 2.91. The molecule has 37 heavy (non-hydrogen) atoms. The Bertz CT molecular complexity index is 1130. The van der Waals surface area contributed by atoms with Crippen molar-refractivity contribution >= 4 is 58.8 Å². The van der Waals surface area contributed by atoms with Gasteiger partial charge in [0.15, 0.2) is 0 Å². The Kier molecular flexibility index (Phi) is 12.8. The lowest BCUT2D eigenvalue weighted by Crippen LogP contribution is -2.37. The van der Waals surface area contributed by atoms with Crippen LogP contribution in [0.1, 0.15) is 32.3 Å². The number of ether oxygens (including phenoxy) is 2. The fraction of sp³-hybridized carbons (Fsp3) is 0.370. The number of para-hydroxylation sites is 1. The largest absolute Gasteiger partial charge is 0.496 e. The summed E-state index contributed by atoms with van der Waals surface area (Å²) in [7, 11) is 2.88. The van der Waals surface area contributed by atoms with Gasteiger partial charge in [0.1, 0.15) is 12.3 Å². The molecule has 0 aliphatic rings. The number of methoxy groups -OCH3 is 2. The van der Waals surface area contributed by atoms with E-state index in [2.05, 4.69) is 10.1 Å². The molecule has 7 nitrogen and oxygen atoms in total. The number of esters is 1. The zero-order valence-electron chi connectivity index (χ0n) is 21.4. The Hall–Kier alpha value is -2.68. The zero-order valence-corrected chi connectivity index (χ0v) is 23.7. The van der Waals surface area contributed by atoms with Crippen molar-refractivity contribution in [2.24, 2.45) is 5.92 Å². The van der Waals surface area contributed by atoms with Gasteiger partial charge in [-0.15, -0.1) is 0 Å². The summed E-state index contributed by atoms with van der Waals surface area (Å²) in [5.41, 5.74) is 0.620. The van der Waals surface area contributed by atoms with Gasteiger partial charge in [0.25, 0.3) is 0 Å². The third kappa shape index (κ3) is 8.98. The van der Waals surface area contributed by atoms with Crippen LogP contribution in [0, 0.1) is 5.92 Å². The lowest BCUT2D eigenvalue weighted by atomic mass is 10.0. The van der Waals surface area contributed by atoms with Gasteiger partial charge >= 0.3 is 5.97 Å². The van der Waals surface area contributed by atoms with E-state index >= 15 is 0 Å². The van der Waals surface area contributed by atoms with E-state index < -0.39 is 5.97 Å². The molecule has 2 amide bonds. The van der Waals surface area contributed by atoms with Crippen LogP contribution in [0.25, 0.3) is 6.08 Å². The van der Waals surface area contributed by atoms with Crippen LogP contribution in [0.15, 0.2) is 52.3 Å². The summed E-state index contributed by atoms with van der Waals surface area (Å²) in [5.74, 6) is -0.535. The molecule has 2 rings (SSSR count). The molecule has 1 unspecified atom stereocenters. The summed E-state index contributed by atoms with van der Waals surface area (Å²) in [5, 5.41) is 3.31. The second kappa shape index (κ2) is 15.5. The maximum absolute atomic E-state index is 12.8. The van der Waals surface area contributed by atoms with Crippen LogP contribution in [0.4, 0.5) is 0 Å². The lowest BCUT2D eigenvalue weighted by molar-refractivity contribution is -0.141. The first-order valence-corrected chi connectivity index (χ1v) is 13.4. The number of likely N-dealkylation sites (N-methyl/N-ethyl adjacent to an activating group) is 1. The van der Waals surface area contributed by atoms with Crippen molar-refractivity contribution < 1.29 is 23.9 Å². The summed E-state index contributed by atoms with van der Waals surface area (Å²) in [6.45, 7) is 4.46. The molecule has 0 aromatic heterocycles. The molecule has 0 fully saturated rings. The van der Waals surface area contributed by atoms with Crippen molar-refractivity contribution in [1.29, 1.82) is 0 Å². The summed E-state index contributed by atoms with van der Waals surface area (Å²) < 4.78 is 9.94. The van der Waals surface area contributed by atoms with Crippen molar-refractivity contribution in [2.45, 2.75) is 36.5 Å². The van der Waals surface area contributed by atoms with Gasteiger partial charge in [0.05, 0.1) is 29.2 Å². The first-order valence-electron chi connectivity index (χ1n) is 11.9. The Morgan fingerprint density at radius 3 is 2.43 bits per heavy atom. The van der Waals surface area contributed by atoms with E-state index in [9.17, 15) is 14.4 Å². The standard InChI is InChI=1S/C27H32Cl2N2O5S/c1-5-18(27(34)30-17-24(33)36-4)15-16-31(6-2)23(32)14-12-19-11-13-22(26(29)25(19)28)37-21-10-8-7-9-20(21)35-3/h7-14,18H,5-6,15-17H2,1-4H3,(H,30,34)/b14-12+. The maximum atomic E-state index is 12.8. The number of benzene rings is 2. The van der Waals surface area contributed by atoms with Crippen molar-refractivity contribution in [3.05, 3.63) is 58.1 Å². The van der Waals surface area contributed by atoms with E-state index in [1.54, 1.807) is 18.1 Å². The topological polar surface area (TPSA) is 84.9 Å². The summed E-state index contributed by atoms with van der Waals surface area (Å²) >= 11 is 14.5. The molecule has 200 valence electrons. The van der Waals surface area contributed by atoms with Gasteiger partial charge in [-0.1, -0.05) is 60.1 Å². The quantitative estimate of drug-likeness (QED) is 0.246. The van der Waals surface area contributed by atoms with E-state index in [0.29, 0.717) is 41.5 Å². The fourth-order valence-electron chi connectivity index (χ4n) is 3.47. The number of nitrogens with one attached hydrogen (secondary N) is 1. The van der Waals surface area contributed by atoms with E-state index in [1.807, 2.05) is 50.2 Å². The highest BCUT2D eigenvalue weighted by Crippen LogP contribution is 2.42. The smallest absolute Gasteiger partial charge is 0.325 e. The van der Waals surface area contributed by atoms with Crippen LogP contribution in [0.2, 0.25) is 10.0 Å². The molecular weight excluding hydrogens is 535 g/mol. The normalized spacial score (nSPS) is 11.7. The average molecular weight is 568 g/mol. The van der Waals surface area contributed by atoms with Crippen molar-refractivity contribution in [3.63, 3.8) is 0 Å². The maximum Gasteiger partial charge on any atom is 0.325 e. The molecule has 1 atom stereocenters. The second-order valence-corrected chi connectivity index (χ2v) is 9.81. The molecule has 0 spiro atoms. The molecule has 0 saturated carbocycles. The van der Waals surface area contributed by atoms with Gasteiger partial charge in [-0.3, -0.25) is 14.4 Å². The van der Waals surface area contributed by atoms with Crippen LogP contribution in [-0.2, 0) is 19.1 Å². The second-order valence-electron chi connectivity index (χ2n) is 7.97. The van der Waals surface area contributed by atoms with E-state index in [0.717, 1.165) is 15.5 Å². The number of nitrogens with zero attached hydrogens (tertiary/aromatic N) is 1. The van der Waals surface area contributed by atoms with Gasteiger partial charge in [-0.25, -0.2) is 0 Å². The van der Waals surface area contributed by atoms with Gasteiger partial charge in [-0.05, 0) is 49.6 Å². The number of hydrogen-bond acceptors (Lipinski definition) is 6. The number of hydrogen-bond donors (Lipinski definition) is 1. The third-order valence-electron chi connectivity index (χ3n) is 5.71. The van der Waals surface area contributed by atoms with E-state index in [4.69, 9.17) is 27.9 Å². The van der Waals surface area contributed by atoms with Crippen molar-refractivity contribution in [2.75, 3.05) is 33.9 Å². The molecule has 0 radical (unpaired) electrons. The number of rotatable bonds is 13. The van der Waals surface area contributed by atoms with Crippen LogP contribution >= 0.6 is 35.0 Å². The van der Waals surface area contributed by atoms with Crippen molar-refractivity contribution in [3.8, 4) is 5.75 Å². The third-order valence-corrected chi connectivity index (χ3v) is 7.84. The molecule has 0 saturated heterocycles. The molecule has 2 aromatic carbocycles. The monoisotopic (exact) mass is 566 g/mol. The molecule has 1 N–H and O–H groups in total. The number of amides is 2. The highest BCUT2D eigenvalue weighted by Gasteiger charge is 2.20. The van der Waals surface area contributed by atoms with Gasteiger partial charge in [0, 0.05) is 30.0 Å². The Morgan fingerprint density at radius 1 is 1.05 bits per heavy atom. The molecule has 2 aromatic rings. The SMILES string of the molecule is CCC(CCN(CC)C(=O)/C=C/c1ccc(Sc2ccccc2OC)c(Cl)c1Cl)C(=O)NCC(=O)OC. The predicted molar refractivity (Wildman–Crippen MR) is 148 cm³/mol. The van der Waals surface area contributed by atoms with Crippen LogP contribution in [0.3, 0.4) is 0 Å². The number of carbonyl (C=O) groups excluding carboxylic acids is 3. The Balaban J connectivity index is 2.04. The first kappa shape index (κ1) is 30.5. The Labute approximate surface area is 232 Å². The number of halogens is 2. The highest BCUT2D eigenvalue weighted by atomic mass is 35.5. The van der Waals surface area contributed by atoms with E-state index in [-0.39, 0.29) is 24.3 Å². The van der Waals surface area contributed by atoms with Crippen LogP contribution in [-0.4, -0.2) is 56.5 Å². The number of carbonyl (C=O) groups is 3. The summed E-state index contributed by atoms with van der Waals surface area (Å²) in [6.07, 6.45) is 4.14. The predicted octanol–water partition coefficient (Wildman–Crippen LogP) is 5.72. The van der Waals surface area contributed by atoms with Crippen molar-refractivity contribution in [1.82, 2.24) is 10.2 Å². The molecule has 0 aliphatic heterocycles. The Morgan fingerprint density at radius 2 is 1.78 bits per heavy atom.